The third kappa shape index (κ3) is 4.80. The summed E-state index contributed by atoms with van der Waals surface area (Å²) in [6.45, 7) is 0. The molecule has 0 fully saturated rings. The zero-order chi connectivity index (χ0) is 38.2. The molecule has 0 aliphatic heterocycles. The van der Waals surface area contributed by atoms with Crippen LogP contribution in [0.25, 0.3) is 75.2 Å². The Bertz CT molecular complexity index is 3300. The molecule has 0 amide bonds. The Labute approximate surface area is 341 Å². The van der Waals surface area contributed by atoms with Crippen LogP contribution >= 0.6 is 21.4 Å². The highest BCUT2D eigenvalue weighted by atomic mass is 32.3. The maximum Gasteiger partial charge on any atom is 0.0541 e. The smallest absolute Gasteiger partial charge is 0.0541 e. The van der Waals surface area contributed by atoms with Gasteiger partial charge in [0.25, 0.3) is 0 Å². The van der Waals surface area contributed by atoms with E-state index in [1.807, 2.05) is 11.3 Å². The molecule has 0 saturated carbocycles. The molecular formula is C54H36N2S2. The summed E-state index contributed by atoms with van der Waals surface area (Å²) in [5, 5.41) is 7.60. The van der Waals surface area contributed by atoms with Crippen LogP contribution in [-0.2, 0) is 0 Å². The maximum absolute atomic E-state index is 2.53. The van der Waals surface area contributed by atoms with E-state index >= 15 is 0 Å². The van der Waals surface area contributed by atoms with Crippen LogP contribution in [0, 0.1) is 0 Å². The molecule has 0 unspecified atom stereocenters. The predicted octanol–water partition coefficient (Wildman–Crippen LogP) is 15.6. The van der Waals surface area contributed by atoms with Crippen molar-refractivity contribution in [3.63, 3.8) is 0 Å². The second kappa shape index (κ2) is 13.1. The Hall–Kier alpha value is -6.85. The average Bonchev–Trinajstić information content (AvgIpc) is 3.95. The lowest BCUT2D eigenvalue weighted by molar-refractivity contribution is 1.17. The third-order valence-electron chi connectivity index (χ3n) is 11.8. The topological polar surface area (TPSA) is 9.86 Å². The van der Waals surface area contributed by atoms with Gasteiger partial charge in [-0.25, -0.2) is 0 Å². The highest BCUT2D eigenvalue weighted by molar-refractivity contribution is 8.34. The summed E-state index contributed by atoms with van der Waals surface area (Å²) in [4.78, 5) is 5.30. The average molecular weight is 777 g/mol. The quantitative estimate of drug-likeness (QED) is 0.159. The van der Waals surface area contributed by atoms with E-state index in [-0.39, 0.29) is 0 Å². The lowest BCUT2D eigenvalue weighted by Gasteiger charge is -2.42. The Balaban J connectivity index is 1.26. The van der Waals surface area contributed by atoms with Crippen molar-refractivity contribution in [2.24, 2.45) is 0 Å². The highest BCUT2D eigenvalue weighted by Gasteiger charge is 2.36. The molecular weight excluding hydrogens is 741 g/mol. The number of aromatic nitrogens is 2. The molecule has 274 valence electrons. The van der Waals surface area contributed by atoms with Gasteiger partial charge in [-0.15, -0.1) is 21.4 Å². The number of nitrogens with zero attached hydrogens (tertiary/aromatic N) is 2. The van der Waals surface area contributed by atoms with Gasteiger partial charge in [-0.2, -0.15) is 0 Å². The van der Waals surface area contributed by atoms with Gasteiger partial charge in [0.15, 0.2) is 0 Å². The molecule has 3 heterocycles. The first-order chi connectivity index (χ1) is 28.8. The number of benzene rings is 9. The minimum atomic E-state index is -2.02. The first kappa shape index (κ1) is 33.3. The fourth-order valence-corrected chi connectivity index (χ4v) is 14.9. The van der Waals surface area contributed by atoms with Crippen molar-refractivity contribution in [3.05, 3.63) is 218 Å². The van der Waals surface area contributed by atoms with Crippen LogP contribution in [0.2, 0.25) is 0 Å². The van der Waals surface area contributed by atoms with Gasteiger partial charge in [0.2, 0.25) is 0 Å². The minimum absolute atomic E-state index is 1.17. The van der Waals surface area contributed by atoms with Gasteiger partial charge in [0.1, 0.15) is 0 Å². The van der Waals surface area contributed by atoms with Gasteiger partial charge in [0, 0.05) is 72.7 Å². The molecule has 0 saturated heterocycles. The number of para-hydroxylation sites is 4. The number of fused-ring (bicyclic) bond motifs is 9. The Morgan fingerprint density at radius 2 is 0.690 bits per heavy atom. The van der Waals surface area contributed by atoms with Crippen LogP contribution in [0.3, 0.4) is 0 Å². The molecule has 0 N–H and O–H groups in total. The maximum atomic E-state index is 2.53. The van der Waals surface area contributed by atoms with Crippen molar-refractivity contribution in [2.75, 3.05) is 0 Å². The van der Waals surface area contributed by atoms with E-state index in [2.05, 4.69) is 228 Å². The van der Waals surface area contributed by atoms with Crippen molar-refractivity contribution in [1.29, 1.82) is 0 Å². The van der Waals surface area contributed by atoms with Crippen molar-refractivity contribution in [2.45, 2.75) is 19.6 Å². The van der Waals surface area contributed by atoms with Gasteiger partial charge in [0.05, 0.1) is 22.1 Å². The van der Waals surface area contributed by atoms with Crippen LogP contribution in [0.4, 0.5) is 0 Å². The fourth-order valence-electron chi connectivity index (χ4n) is 9.38. The van der Waals surface area contributed by atoms with Crippen molar-refractivity contribution in [3.8, 4) is 11.4 Å². The summed E-state index contributed by atoms with van der Waals surface area (Å²) in [5.74, 6) is 0. The largest absolute Gasteiger partial charge is 0.309 e. The summed E-state index contributed by atoms with van der Waals surface area (Å²) >= 11 is 1.93. The standard InChI is InChI=1S/C54H36N2S2/c1-4-18-39(19-5-1)58(40-20-6-2-7-21-40,41-22-8-3-9-23-41)53-36-38(56-50-30-16-12-26-44(50)45-27-13-17-31-51(45)56)35-47-46-34-37(32-33-52(46)57-54(47)53)55-48-28-14-10-24-42(48)43-25-11-15-29-49(43)55/h1-36H. The molecule has 0 aliphatic carbocycles. The molecule has 4 heteroatoms. The second-order valence-electron chi connectivity index (χ2n) is 14.9. The Morgan fingerprint density at radius 1 is 0.310 bits per heavy atom. The molecule has 0 bridgehead atoms. The lowest BCUT2D eigenvalue weighted by atomic mass is 10.1. The highest BCUT2D eigenvalue weighted by Crippen LogP contribution is 2.75. The molecule has 0 spiro atoms. The minimum Gasteiger partial charge on any atom is -0.309 e. The zero-order valence-electron chi connectivity index (χ0n) is 31.5. The number of hydrogen-bond donors (Lipinski definition) is 0. The Kier molecular flexibility index (Phi) is 7.52. The van der Waals surface area contributed by atoms with E-state index < -0.39 is 10.0 Å². The molecule has 12 rings (SSSR count). The summed E-state index contributed by atoms with van der Waals surface area (Å²) in [7, 11) is -2.02. The van der Waals surface area contributed by atoms with Crippen LogP contribution in [0.1, 0.15) is 0 Å². The summed E-state index contributed by atoms with van der Waals surface area (Å²) in [5.41, 5.74) is 7.19. The molecule has 0 aliphatic rings. The summed E-state index contributed by atoms with van der Waals surface area (Å²) in [6.07, 6.45) is 0. The van der Waals surface area contributed by atoms with Gasteiger partial charge >= 0.3 is 0 Å². The normalized spacial score (nSPS) is 12.4. The van der Waals surface area contributed by atoms with Crippen molar-refractivity contribution < 1.29 is 0 Å². The summed E-state index contributed by atoms with van der Waals surface area (Å²) in [6, 6.07) is 81.2. The van der Waals surface area contributed by atoms with E-state index in [9.17, 15) is 0 Å². The number of thiophene rings is 1. The number of hydrogen-bond acceptors (Lipinski definition) is 1. The molecule has 0 atom stereocenters. The fraction of sp³-hybridized carbons (Fsp3) is 0. The van der Waals surface area contributed by atoms with Gasteiger partial charge < -0.3 is 9.13 Å². The molecule has 0 radical (unpaired) electrons. The molecule has 9 aromatic carbocycles. The van der Waals surface area contributed by atoms with Crippen LogP contribution in [0.15, 0.2) is 238 Å². The van der Waals surface area contributed by atoms with E-state index in [4.69, 9.17) is 0 Å². The molecule has 2 nitrogen and oxygen atoms in total. The molecule has 12 aromatic rings. The van der Waals surface area contributed by atoms with Crippen LogP contribution in [0.5, 0.6) is 0 Å². The predicted molar refractivity (Wildman–Crippen MR) is 248 cm³/mol. The van der Waals surface area contributed by atoms with Crippen molar-refractivity contribution >= 4 is 85.1 Å². The van der Waals surface area contributed by atoms with E-state index in [0.717, 1.165) is 0 Å². The van der Waals surface area contributed by atoms with Gasteiger partial charge in [-0.3, -0.25) is 0 Å². The van der Waals surface area contributed by atoms with E-state index in [1.54, 1.807) is 0 Å². The second-order valence-corrected chi connectivity index (χ2v) is 19.0. The van der Waals surface area contributed by atoms with E-state index in [1.165, 1.54) is 94.7 Å². The van der Waals surface area contributed by atoms with E-state index in [0.29, 0.717) is 0 Å². The monoisotopic (exact) mass is 776 g/mol. The van der Waals surface area contributed by atoms with Gasteiger partial charge in [-0.1, -0.05) is 127 Å². The summed E-state index contributed by atoms with van der Waals surface area (Å²) < 4.78 is 7.55. The van der Waals surface area contributed by atoms with Gasteiger partial charge in [-0.05, 0) is 91.0 Å². The number of rotatable bonds is 6. The third-order valence-corrected chi connectivity index (χ3v) is 17.1. The lowest BCUT2D eigenvalue weighted by Crippen LogP contribution is -2.06. The SMILES string of the molecule is c1ccc(S(c2ccccc2)(c2ccccc2)c2cc(-n3c4ccccc4c4ccccc43)cc3c2sc2ccc(-n4c5ccccc5c5ccccc54)cc23)cc1. The first-order valence-corrected chi connectivity index (χ1v) is 22.2. The zero-order valence-corrected chi connectivity index (χ0v) is 33.1. The van der Waals surface area contributed by atoms with Crippen molar-refractivity contribution in [1.82, 2.24) is 9.13 Å². The molecule has 3 aromatic heterocycles. The van der Waals surface area contributed by atoms with Crippen LogP contribution < -0.4 is 0 Å². The first-order valence-electron chi connectivity index (χ1n) is 19.8. The molecule has 58 heavy (non-hydrogen) atoms. The van der Waals surface area contributed by atoms with Crippen LogP contribution in [-0.4, -0.2) is 9.13 Å². The Morgan fingerprint density at radius 3 is 1.14 bits per heavy atom.